The highest BCUT2D eigenvalue weighted by Gasteiger charge is 2.18. The lowest BCUT2D eigenvalue weighted by Crippen LogP contribution is -2.46. The third-order valence-corrected chi connectivity index (χ3v) is 6.19. The van der Waals surface area contributed by atoms with Crippen LogP contribution in [0.3, 0.4) is 0 Å². The predicted octanol–water partition coefficient (Wildman–Crippen LogP) is 2.10. The summed E-state index contributed by atoms with van der Waals surface area (Å²) in [6.45, 7) is 6.38. The van der Waals surface area contributed by atoms with Crippen LogP contribution in [0.5, 0.6) is 0 Å². The summed E-state index contributed by atoms with van der Waals surface area (Å²) < 4.78 is 1.56. The van der Waals surface area contributed by atoms with Gasteiger partial charge in [0.15, 0.2) is 10.7 Å². The van der Waals surface area contributed by atoms with E-state index in [4.69, 9.17) is 0 Å². The SMILES string of the molecule is CC(=O)c1ccc(NC(=O)CCN2CCN(Cc3cc(=O)n4ccsc4n3)CC2)cc1. The zero-order valence-electron chi connectivity index (χ0n) is 17.4. The van der Waals surface area contributed by atoms with E-state index in [1.165, 1.54) is 18.3 Å². The molecule has 0 spiro atoms. The first-order valence-electron chi connectivity index (χ1n) is 10.3. The van der Waals surface area contributed by atoms with Crippen LogP contribution in [0.1, 0.15) is 29.4 Å². The van der Waals surface area contributed by atoms with E-state index in [1.807, 2.05) is 5.38 Å². The van der Waals surface area contributed by atoms with Crippen LogP contribution < -0.4 is 10.9 Å². The minimum Gasteiger partial charge on any atom is -0.326 e. The van der Waals surface area contributed by atoms with Crippen molar-refractivity contribution in [3.8, 4) is 0 Å². The Hall–Kier alpha value is -2.88. The maximum Gasteiger partial charge on any atom is 0.258 e. The molecule has 31 heavy (non-hydrogen) atoms. The van der Waals surface area contributed by atoms with Gasteiger partial charge < -0.3 is 10.2 Å². The molecule has 1 saturated heterocycles. The minimum absolute atomic E-state index is 0.00669. The average molecular weight is 440 g/mol. The van der Waals surface area contributed by atoms with Gasteiger partial charge in [-0.15, -0.1) is 11.3 Å². The van der Waals surface area contributed by atoms with Crippen LogP contribution in [0.4, 0.5) is 5.69 Å². The summed E-state index contributed by atoms with van der Waals surface area (Å²) >= 11 is 1.46. The molecule has 0 saturated carbocycles. The van der Waals surface area contributed by atoms with E-state index in [0.717, 1.165) is 36.8 Å². The first-order chi connectivity index (χ1) is 15.0. The fourth-order valence-corrected chi connectivity index (χ4v) is 4.38. The maximum atomic E-state index is 12.2. The number of rotatable bonds is 7. The maximum absolute atomic E-state index is 12.2. The molecule has 8 nitrogen and oxygen atoms in total. The zero-order chi connectivity index (χ0) is 21.8. The van der Waals surface area contributed by atoms with Crippen molar-refractivity contribution in [3.05, 3.63) is 63.5 Å². The standard InChI is InChI=1S/C22H25N5O3S/c1-16(28)17-2-4-18(5-3-17)23-20(29)6-7-25-8-10-26(11-9-25)15-19-14-21(30)27-12-13-31-22(27)24-19/h2-5,12-14H,6-11,15H2,1H3,(H,23,29). The summed E-state index contributed by atoms with van der Waals surface area (Å²) in [5.74, 6) is -0.0286. The number of benzene rings is 1. The van der Waals surface area contributed by atoms with Crippen LogP contribution in [0, 0.1) is 0 Å². The molecule has 0 radical (unpaired) electrons. The Kier molecular flexibility index (Phi) is 6.55. The lowest BCUT2D eigenvalue weighted by atomic mass is 10.1. The van der Waals surface area contributed by atoms with Gasteiger partial charge in [-0.05, 0) is 31.2 Å². The molecule has 4 rings (SSSR count). The van der Waals surface area contributed by atoms with Crippen LogP contribution >= 0.6 is 11.3 Å². The van der Waals surface area contributed by atoms with Crippen LogP contribution in [0.15, 0.2) is 46.7 Å². The number of amides is 1. The lowest BCUT2D eigenvalue weighted by molar-refractivity contribution is -0.116. The lowest BCUT2D eigenvalue weighted by Gasteiger charge is -2.34. The summed E-state index contributed by atoms with van der Waals surface area (Å²) in [6.07, 6.45) is 2.16. The van der Waals surface area contributed by atoms with Gasteiger partial charge in [-0.3, -0.25) is 23.7 Å². The molecule has 162 valence electrons. The van der Waals surface area contributed by atoms with Crippen LogP contribution in [0.25, 0.3) is 4.96 Å². The Balaban J connectivity index is 1.21. The Morgan fingerprint density at radius 3 is 2.52 bits per heavy atom. The number of carbonyl (C=O) groups is 2. The molecular formula is C22H25N5O3S. The first-order valence-corrected chi connectivity index (χ1v) is 11.2. The molecule has 1 aromatic carbocycles. The van der Waals surface area contributed by atoms with Gasteiger partial charge in [0.1, 0.15) is 0 Å². The van der Waals surface area contributed by atoms with Crippen molar-refractivity contribution in [1.29, 1.82) is 0 Å². The number of nitrogens with zero attached hydrogens (tertiary/aromatic N) is 4. The Bertz CT molecular complexity index is 1130. The number of aromatic nitrogens is 2. The van der Waals surface area contributed by atoms with Gasteiger partial charge in [0.25, 0.3) is 5.56 Å². The largest absolute Gasteiger partial charge is 0.326 e. The van der Waals surface area contributed by atoms with E-state index in [-0.39, 0.29) is 17.2 Å². The summed E-state index contributed by atoms with van der Waals surface area (Å²) in [6, 6.07) is 8.55. The summed E-state index contributed by atoms with van der Waals surface area (Å²) in [5.41, 5.74) is 2.09. The van der Waals surface area contributed by atoms with Gasteiger partial charge >= 0.3 is 0 Å². The smallest absolute Gasteiger partial charge is 0.258 e. The number of fused-ring (bicyclic) bond motifs is 1. The molecular weight excluding hydrogens is 414 g/mol. The molecule has 3 heterocycles. The fraction of sp³-hybridized carbons (Fsp3) is 0.364. The van der Waals surface area contributed by atoms with Crippen molar-refractivity contribution in [2.45, 2.75) is 19.9 Å². The van der Waals surface area contributed by atoms with Gasteiger partial charge in [-0.1, -0.05) is 0 Å². The molecule has 0 atom stereocenters. The van der Waals surface area contributed by atoms with Crippen LogP contribution in [-0.2, 0) is 11.3 Å². The number of hydrogen-bond acceptors (Lipinski definition) is 7. The second-order valence-corrected chi connectivity index (χ2v) is 8.56. The van der Waals surface area contributed by atoms with E-state index >= 15 is 0 Å². The van der Waals surface area contributed by atoms with Crippen molar-refractivity contribution >= 4 is 33.7 Å². The number of nitrogens with one attached hydrogen (secondary N) is 1. The van der Waals surface area contributed by atoms with E-state index in [0.29, 0.717) is 30.8 Å². The molecule has 1 aliphatic rings. The number of carbonyl (C=O) groups excluding carboxylic acids is 2. The second kappa shape index (κ2) is 9.51. The third-order valence-electron chi connectivity index (χ3n) is 5.44. The first kappa shape index (κ1) is 21.4. The van der Waals surface area contributed by atoms with Crippen LogP contribution in [0.2, 0.25) is 0 Å². The van der Waals surface area contributed by atoms with E-state index in [9.17, 15) is 14.4 Å². The molecule has 2 aromatic heterocycles. The van der Waals surface area contributed by atoms with Crippen molar-refractivity contribution in [1.82, 2.24) is 19.2 Å². The number of piperazine rings is 1. The highest BCUT2D eigenvalue weighted by atomic mass is 32.1. The van der Waals surface area contributed by atoms with Gasteiger partial charge in [-0.2, -0.15) is 0 Å². The van der Waals surface area contributed by atoms with Crippen LogP contribution in [-0.4, -0.2) is 63.6 Å². The highest BCUT2D eigenvalue weighted by Crippen LogP contribution is 2.12. The number of Topliss-reactive ketones (excluding diaryl/α,β-unsaturated/α-hetero) is 1. The molecule has 0 bridgehead atoms. The molecule has 1 fully saturated rings. The van der Waals surface area contributed by atoms with Gasteiger partial charge in [0.2, 0.25) is 5.91 Å². The Morgan fingerprint density at radius 2 is 1.81 bits per heavy atom. The minimum atomic E-state index is -0.0400. The van der Waals surface area contributed by atoms with Gasteiger partial charge in [0, 0.05) is 74.6 Å². The summed E-state index contributed by atoms with van der Waals surface area (Å²) in [5, 5.41) is 4.75. The monoisotopic (exact) mass is 439 g/mol. The normalized spacial score (nSPS) is 15.3. The van der Waals surface area contributed by atoms with Gasteiger partial charge in [0.05, 0.1) is 5.69 Å². The van der Waals surface area contributed by atoms with Crippen molar-refractivity contribution < 1.29 is 9.59 Å². The Morgan fingerprint density at radius 1 is 1.10 bits per heavy atom. The quantitative estimate of drug-likeness (QED) is 0.568. The summed E-state index contributed by atoms with van der Waals surface area (Å²) in [4.78, 5) is 45.6. The number of hydrogen-bond donors (Lipinski definition) is 1. The highest BCUT2D eigenvalue weighted by molar-refractivity contribution is 7.15. The average Bonchev–Trinajstić information content (AvgIpc) is 3.23. The Labute approximate surface area is 184 Å². The molecule has 1 amide bonds. The molecule has 9 heteroatoms. The van der Waals surface area contributed by atoms with Crippen molar-refractivity contribution in [2.75, 3.05) is 38.0 Å². The van der Waals surface area contributed by atoms with E-state index in [2.05, 4.69) is 20.1 Å². The molecule has 0 aliphatic carbocycles. The number of ketones is 1. The molecule has 1 aliphatic heterocycles. The fourth-order valence-electron chi connectivity index (χ4n) is 3.64. The number of anilines is 1. The predicted molar refractivity (Wildman–Crippen MR) is 121 cm³/mol. The van der Waals surface area contributed by atoms with Crippen molar-refractivity contribution in [3.63, 3.8) is 0 Å². The number of thiazole rings is 1. The third kappa shape index (κ3) is 5.43. The summed E-state index contributed by atoms with van der Waals surface area (Å²) in [7, 11) is 0. The van der Waals surface area contributed by atoms with Gasteiger partial charge in [-0.25, -0.2) is 4.98 Å². The van der Waals surface area contributed by atoms with Crippen molar-refractivity contribution in [2.24, 2.45) is 0 Å². The second-order valence-electron chi connectivity index (χ2n) is 7.69. The molecule has 3 aromatic rings. The molecule has 0 unspecified atom stereocenters. The van der Waals surface area contributed by atoms with E-state index < -0.39 is 0 Å². The van der Waals surface area contributed by atoms with E-state index in [1.54, 1.807) is 40.9 Å². The molecule has 1 N–H and O–H groups in total. The zero-order valence-corrected chi connectivity index (χ0v) is 18.2. The topological polar surface area (TPSA) is 87.0 Å².